The third-order valence-electron chi connectivity index (χ3n) is 10.4. The van der Waals surface area contributed by atoms with E-state index in [1.807, 2.05) is 60.7 Å². The molecule has 248 valence electrons. The van der Waals surface area contributed by atoms with Crippen LogP contribution in [0.2, 0.25) is 0 Å². The first-order valence-corrected chi connectivity index (χ1v) is 19.4. The zero-order valence-corrected chi connectivity index (χ0v) is 29.5. The Kier molecular flexibility index (Phi) is 8.03. The minimum Gasteiger partial charge on any atom is -0.311 e. The number of hydrogen-bond donors (Lipinski definition) is 0. The van der Waals surface area contributed by atoms with E-state index < -0.39 is 12.6 Å². The maximum atomic E-state index is 16.3. The molecular weight excluding hydrogens is 650 g/mol. The maximum Gasteiger partial charge on any atom is 0.171 e. The first-order valence-electron chi connectivity index (χ1n) is 17.7. The van der Waals surface area contributed by atoms with Crippen molar-refractivity contribution in [2.45, 2.75) is 5.41 Å². The average molecular weight is 686 g/mol. The van der Waals surface area contributed by atoms with Gasteiger partial charge in [-0.05, 0) is 69.8 Å². The van der Waals surface area contributed by atoms with Crippen molar-refractivity contribution in [3.8, 4) is 11.1 Å². The van der Waals surface area contributed by atoms with E-state index in [4.69, 9.17) is 0 Å². The van der Waals surface area contributed by atoms with Gasteiger partial charge in [0, 0.05) is 33.0 Å². The van der Waals surface area contributed by atoms with Gasteiger partial charge in [-0.1, -0.05) is 182 Å². The fourth-order valence-electron chi connectivity index (χ4n) is 8.22. The molecule has 2 nitrogen and oxygen atoms in total. The molecule has 0 radical (unpaired) electrons. The Labute approximate surface area is 305 Å². The predicted molar refractivity (Wildman–Crippen MR) is 218 cm³/mol. The number of para-hydroxylation sites is 2. The van der Waals surface area contributed by atoms with Crippen LogP contribution < -0.4 is 20.8 Å². The second-order valence-corrected chi connectivity index (χ2v) is 15.9. The lowest BCUT2D eigenvalue weighted by Crippen LogP contribution is -2.36. The predicted octanol–water partition coefficient (Wildman–Crippen LogP) is 11.2. The molecule has 0 fully saturated rings. The average Bonchev–Trinajstić information content (AvgIpc) is 3.54. The van der Waals surface area contributed by atoms with Crippen molar-refractivity contribution in [3.05, 3.63) is 241 Å². The number of benzene rings is 8. The van der Waals surface area contributed by atoms with Crippen LogP contribution in [0, 0.1) is 0 Å². The van der Waals surface area contributed by atoms with Gasteiger partial charge in [0.2, 0.25) is 0 Å². The van der Waals surface area contributed by atoms with Crippen LogP contribution in [0.1, 0.15) is 22.3 Å². The van der Waals surface area contributed by atoms with Crippen molar-refractivity contribution in [1.82, 2.24) is 0 Å². The van der Waals surface area contributed by atoms with Crippen LogP contribution >= 0.6 is 7.14 Å². The Morgan fingerprint density at radius 2 is 0.788 bits per heavy atom. The Morgan fingerprint density at radius 3 is 1.35 bits per heavy atom. The number of hydrogen-bond acceptors (Lipinski definition) is 2. The van der Waals surface area contributed by atoms with Gasteiger partial charge in [0.1, 0.15) is 0 Å². The van der Waals surface area contributed by atoms with Gasteiger partial charge in [0.25, 0.3) is 0 Å². The summed E-state index contributed by atoms with van der Waals surface area (Å²) in [4.78, 5) is 2.29. The van der Waals surface area contributed by atoms with Crippen LogP contribution in [0.3, 0.4) is 0 Å². The summed E-state index contributed by atoms with van der Waals surface area (Å²) in [6.07, 6.45) is 0. The lowest BCUT2D eigenvalue weighted by molar-refractivity contribution is 0.592. The van der Waals surface area contributed by atoms with Gasteiger partial charge in [0.15, 0.2) is 7.14 Å². The van der Waals surface area contributed by atoms with Gasteiger partial charge in [-0.3, -0.25) is 0 Å². The van der Waals surface area contributed by atoms with E-state index in [1.165, 1.54) is 5.56 Å². The van der Waals surface area contributed by atoms with Gasteiger partial charge in [-0.2, -0.15) is 0 Å². The molecule has 0 spiro atoms. The quantitative estimate of drug-likeness (QED) is 0.148. The highest BCUT2D eigenvalue weighted by molar-refractivity contribution is 7.85. The third kappa shape index (κ3) is 4.99. The normalized spacial score (nSPS) is 14.7. The Bertz CT molecular complexity index is 2440. The number of anilines is 3. The van der Waals surface area contributed by atoms with E-state index in [-0.39, 0.29) is 0 Å². The zero-order valence-electron chi connectivity index (χ0n) is 28.6. The van der Waals surface area contributed by atoms with Gasteiger partial charge >= 0.3 is 0 Å². The monoisotopic (exact) mass is 685 g/mol. The topological polar surface area (TPSA) is 20.3 Å². The molecule has 0 heterocycles. The van der Waals surface area contributed by atoms with Gasteiger partial charge in [0.05, 0.1) is 5.41 Å². The summed E-state index contributed by atoms with van der Waals surface area (Å²) in [7, 11) is -3.38. The third-order valence-corrected chi connectivity index (χ3v) is 13.5. The van der Waals surface area contributed by atoms with Crippen molar-refractivity contribution >= 4 is 40.1 Å². The molecule has 0 aliphatic heterocycles. The molecule has 52 heavy (non-hydrogen) atoms. The van der Waals surface area contributed by atoms with E-state index in [0.29, 0.717) is 0 Å². The van der Waals surface area contributed by atoms with Crippen LogP contribution in [-0.4, -0.2) is 0 Å². The van der Waals surface area contributed by atoms with Crippen LogP contribution in [0.5, 0.6) is 0 Å². The summed E-state index contributed by atoms with van der Waals surface area (Å²) in [5.41, 5.74) is 9.29. The molecule has 0 amide bonds. The van der Waals surface area contributed by atoms with E-state index in [2.05, 4.69) is 163 Å². The number of fused-ring (bicyclic) bond motifs is 3. The Balaban J connectivity index is 1.35. The fourth-order valence-corrected chi connectivity index (χ4v) is 11.2. The van der Waals surface area contributed by atoms with Crippen molar-refractivity contribution in [2.75, 3.05) is 4.90 Å². The summed E-state index contributed by atoms with van der Waals surface area (Å²) in [5, 5.41) is 2.51. The highest BCUT2D eigenvalue weighted by Crippen LogP contribution is 2.59. The fraction of sp³-hybridized carbons (Fsp3) is 0.0204. The first-order chi connectivity index (χ1) is 25.7. The van der Waals surface area contributed by atoms with E-state index >= 15 is 4.57 Å². The van der Waals surface area contributed by atoms with E-state index in [1.54, 1.807) is 0 Å². The summed E-state index contributed by atoms with van der Waals surface area (Å²) in [5.74, 6) is 0. The molecule has 0 saturated heterocycles. The molecule has 0 N–H and O–H groups in total. The smallest absolute Gasteiger partial charge is 0.171 e. The lowest BCUT2D eigenvalue weighted by atomic mass is 9.67. The first kappa shape index (κ1) is 31.7. The SMILES string of the molecule is O=P(c1ccccc1)(c1ccccc1)c1cccc2c1C(c1ccccc1)(c1ccc(N(c3ccccc3)c3ccccc3)cc1)c1ccccc1-2. The molecule has 1 unspecified atom stereocenters. The van der Waals surface area contributed by atoms with Crippen molar-refractivity contribution < 1.29 is 4.57 Å². The highest BCUT2D eigenvalue weighted by atomic mass is 31.2. The summed E-state index contributed by atoms with van der Waals surface area (Å²) < 4.78 is 16.3. The molecule has 1 atom stereocenters. The van der Waals surface area contributed by atoms with Crippen LogP contribution in [0.4, 0.5) is 17.1 Å². The molecule has 0 aromatic heterocycles. The minimum absolute atomic E-state index is 0.744. The molecule has 8 aromatic rings. The largest absolute Gasteiger partial charge is 0.311 e. The summed E-state index contributed by atoms with van der Waals surface area (Å²) in [6.45, 7) is 0. The van der Waals surface area contributed by atoms with Crippen molar-refractivity contribution in [3.63, 3.8) is 0 Å². The van der Waals surface area contributed by atoms with Crippen molar-refractivity contribution in [1.29, 1.82) is 0 Å². The molecule has 1 aliphatic carbocycles. The Morgan fingerprint density at radius 1 is 0.365 bits per heavy atom. The minimum atomic E-state index is -3.38. The summed E-state index contributed by atoms with van der Waals surface area (Å²) in [6, 6.07) is 76.0. The van der Waals surface area contributed by atoms with Gasteiger partial charge in [-0.15, -0.1) is 0 Å². The molecule has 3 heteroatoms. The van der Waals surface area contributed by atoms with E-state index in [0.717, 1.165) is 60.8 Å². The Hall–Kier alpha value is -6.21. The van der Waals surface area contributed by atoms with Crippen molar-refractivity contribution in [2.24, 2.45) is 0 Å². The molecular formula is C49H36NOP. The standard InChI is InChI=1S/C49H36NOP/c51-52(42-25-12-4-13-26-42,43-27-14-5-15-28-43)47-32-18-30-45-44-29-16-17-31-46(44)49(48(45)47,37-19-6-1-7-20-37)38-33-35-41(36-34-38)50(39-21-8-2-9-22-39)40-23-10-3-11-24-40/h1-36H. The molecule has 0 saturated carbocycles. The molecule has 9 rings (SSSR count). The second-order valence-electron chi connectivity index (χ2n) is 13.2. The van der Waals surface area contributed by atoms with Crippen LogP contribution in [0.15, 0.2) is 218 Å². The number of nitrogens with zero attached hydrogens (tertiary/aromatic N) is 1. The maximum absolute atomic E-state index is 16.3. The number of rotatable bonds is 8. The molecule has 0 bridgehead atoms. The van der Waals surface area contributed by atoms with Gasteiger partial charge in [-0.25, -0.2) is 0 Å². The zero-order chi connectivity index (χ0) is 35.0. The van der Waals surface area contributed by atoms with Crippen LogP contribution in [0.25, 0.3) is 11.1 Å². The van der Waals surface area contributed by atoms with Crippen LogP contribution in [-0.2, 0) is 9.98 Å². The van der Waals surface area contributed by atoms with Gasteiger partial charge < -0.3 is 9.46 Å². The van der Waals surface area contributed by atoms with E-state index in [9.17, 15) is 0 Å². The summed E-state index contributed by atoms with van der Waals surface area (Å²) >= 11 is 0. The second kappa shape index (κ2) is 13.2. The molecule has 8 aromatic carbocycles. The highest BCUT2D eigenvalue weighted by Gasteiger charge is 2.50. The lowest BCUT2D eigenvalue weighted by Gasteiger charge is -2.37. The molecule has 1 aliphatic rings.